The second-order valence-corrected chi connectivity index (χ2v) is 7.69. The molecule has 1 amide bonds. The molecule has 7 heteroatoms. The van der Waals surface area contributed by atoms with Crippen LogP contribution >= 0.6 is 0 Å². The van der Waals surface area contributed by atoms with Crippen LogP contribution in [-0.4, -0.2) is 75.2 Å². The van der Waals surface area contributed by atoms with Crippen LogP contribution in [0.1, 0.15) is 17.3 Å². The molecular formula is C15H23N3O3S. The summed E-state index contributed by atoms with van der Waals surface area (Å²) in [7, 11) is -0.478. The van der Waals surface area contributed by atoms with Crippen molar-refractivity contribution in [1.82, 2.24) is 14.1 Å². The van der Waals surface area contributed by atoms with Gasteiger partial charge in [0, 0.05) is 45.8 Å². The predicted octanol–water partition coefficient (Wildman–Crippen LogP) is 0.715. The molecule has 0 atom stereocenters. The van der Waals surface area contributed by atoms with Gasteiger partial charge >= 0.3 is 0 Å². The highest BCUT2D eigenvalue weighted by Gasteiger charge is 2.22. The number of benzene rings is 1. The summed E-state index contributed by atoms with van der Waals surface area (Å²) in [5.41, 5.74) is 0.530. The maximum absolute atomic E-state index is 12.4. The van der Waals surface area contributed by atoms with E-state index in [9.17, 15) is 13.2 Å². The fraction of sp³-hybridized carbons (Fsp3) is 0.533. The van der Waals surface area contributed by atoms with E-state index in [-0.39, 0.29) is 10.8 Å². The molecule has 2 rings (SSSR count). The summed E-state index contributed by atoms with van der Waals surface area (Å²) < 4.78 is 25.2. The van der Waals surface area contributed by atoms with Crippen LogP contribution in [-0.2, 0) is 10.0 Å². The summed E-state index contributed by atoms with van der Waals surface area (Å²) in [6.07, 6.45) is 0. The third kappa shape index (κ3) is 3.48. The lowest BCUT2D eigenvalue weighted by Gasteiger charge is -2.34. The Bertz CT molecular complexity index is 618. The fourth-order valence-corrected chi connectivity index (χ4v) is 3.33. The van der Waals surface area contributed by atoms with E-state index in [0.717, 1.165) is 23.9 Å². The largest absolute Gasteiger partial charge is 0.336 e. The third-order valence-corrected chi connectivity index (χ3v) is 5.82. The third-order valence-electron chi connectivity index (χ3n) is 3.99. The predicted molar refractivity (Wildman–Crippen MR) is 85.3 cm³/mol. The van der Waals surface area contributed by atoms with E-state index in [0.29, 0.717) is 18.7 Å². The molecule has 1 fully saturated rings. The molecule has 0 spiro atoms. The first-order valence-corrected chi connectivity index (χ1v) is 8.84. The molecule has 0 unspecified atom stereocenters. The lowest BCUT2D eigenvalue weighted by Crippen LogP contribution is -2.48. The average Bonchev–Trinajstić information content (AvgIpc) is 2.54. The highest BCUT2D eigenvalue weighted by atomic mass is 32.2. The number of carbonyl (C=O) groups is 1. The van der Waals surface area contributed by atoms with Gasteiger partial charge in [0.2, 0.25) is 10.0 Å². The molecule has 0 N–H and O–H groups in total. The second kappa shape index (κ2) is 6.76. The van der Waals surface area contributed by atoms with Gasteiger partial charge in [-0.05, 0) is 30.8 Å². The Balaban J connectivity index is 2.09. The number of rotatable bonds is 4. The zero-order chi connectivity index (χ0) is 16.3. The van der Waals surface area contributed by atoms with Gasteiger partial charge in [-0.1, -0.05) is 6.92 Å². The molecule has 0 aliphatic carbocycles. The van der Waals surface area contributed by atoms with Crippen LogP contribution in [0.2, 0.25) is 0 Å². The molecule has 6 nitrogen and oxygen atoms in total. The molecular weight excluding hydrogens is 302 g/mol. The molecule has 0 bridgehead atoms. The van der Waals surface area contributed by atoms with Gasteiger partial charge in [-0.15, -0.1) is 0 Å². The number of hydrogen-bond donors (Lipinski definition) is 0. The van der Waals surface area contributed by atoms with Crippen molar-refractivity contribution in [2.45, 2.75) is 11.8 Å². The number of hydrogen-bond acceptors (Lipinski definition) is 4. The summed E-state index contributed by atoms with van der Waals surface area (Å²) in [4.78, 5) is 16.8. The monoisotopic (exact) mass is 325 g/mol. The number of piperazine rings is 1. The van der Waals surface area contributed by atoms with Gasteiger partial charge in [-0.25, -0.2) is 12.7 Å². The molecule has 1 saturated heterocycles. The SMILES string of the molecule is CCN1CCN(C(=O)c2ccc(S(=O)(=O)N(C)C)cc2)CC1. The normalized spacial score (nSPS) is 17.0. The molecule has 122 valence electrons. The van der Waals surface area contributed by atoms with Crippen LogP contribution in [0.25, 0.3) is 0 Å². The standard InChI is InChI=1S/C15H23N3O3S/c1-4-17-9-11-18(12-10-17)15(19)13-5-7-14(8-6-13)22(20,21)16(2)3/h5-8H,4,9-12H2,1-3H3. The molecule has 1 aromatic carbocycles. The fourth-order valence-electron chi connectivity index (χ4n) is 2.43. The number of carbonyl (C=O) groups excluding carboxylic acids is 1. The first-order chi connectivity index (χ1) is 10.4. The second-order valence-electron chi connectivity index (χ2n) is 5.54. The lowest BCUT2D eigenvalue weighted by atomic mass is 10.2. The van der Waals surface area contributed by atoms with Crippen LogP contribution in [0.3, 0.4) is 0 Å². The van der Waals surface area contributed by atoms with Crippen molar-refractivity contribution in [1.29, 1.82) is 0 Å². The molecule has 0 aromatic heterocycles. The van der Waals surface area contributed by atoms with E-state index in [1.807, 2.05) is 4.90 Å². The number of sulfonamides is 1. The average molecular weight is 325 g/mol. The summed E-state index contributed by atoms with van der Waals surface area (Å²) in [6, 6.07) is 6.16. The van der Waals surface area contributed by atoms with E-state index in [2.05, 4.69) is 11.8 Å². The van der Waals surface area contributed by atoms with Gasteiger partial charge in [0.05, 0.1) is 4.90 Å². The van der Waals surface area contributed by atoms with Gasteiger partial charge in [0.25, 0.3) is 5.91 Å². The summed E-state index contributed by atoms with van der Waals surface area (Å²) in [5, 5.41) is 0. The van der Waals surface area contributed by atoms with E-state index in [1.54, 1.807) is 12.1 Å². The van der Waals surface area contributed by atoms with E-state index in [4.69, 9.17) is 0 Å². The molecule has 1 aliphatic heterocycles. The topological polar surface area (TPSA) is 60.9 Å². The van der Waals surface area contributed by atoms with Gasteiger partial charge in [-0.3, -0.25) is 4.79 Å². The van der Waals surface area contributed by atoms with E-state index in [1.165, 1.54) is 26.2 Å². The zero-order valence-electron chi connectivity index (χ0n) is 13.3. The Morgan fingerprint density at radius 2 is 1.64 bits per heavy atom. The first-order valence-electron chi connectivity index (χ1n) is 7.40. The highest BCUT2D eigenvalue weighted by molar-refractivity contribution is 7.89. The smallest absolute Gasteiger partial charge is 0.253 e. The maximum atomic E-state index is 12.4. The van der Waals surface area contributed by atoms with Crippen LogP contribution < -0.4 is 0 Å². The summed E-state index contributed by atoms with van der Waals surface area (Å²) in [6.45, 7) is 6.31. The minimum Gasteiger partial charge on any atom is -0.336 e. The zero-order valence-corrected chi connectivity index (χ0v) is 14.1. The van der Waals surface area contributed by atoms with Crippen LogP contribution in [0, 0.1) is 0 Å². The number of amides is 1. The van der Waals surface area contributed by atoms with Crippen LogP contribution in [0.15, 0.2) is 29.2 Å². The summed E-state index contributed by atoms with van der Waals surface area (Å²) >= 11 is 0. The van der Waals surface area contributed by atoms with Crippen molar-refractivity contribution in [3.8, 4) is 0 Å². The Morgan fingerprint density at radius 1 is 1.09 bits per heavy atom. The quantitative estimate of drug-likeness (QED) is 0.818. The van der Waals surface area contributed by atoms with Crippen LogP contribution in [0.5, 0.6) is 0 Å². The summed E-state index contributed by atoms with van der Waals surface area (Å²) in [5.74, 6) is -0.0374. The Kier molecular flexibility index (Phi) is 5.20. The minimum atomic E-state index is -3.45. The Labute approximate surface area is 132 Å². The van der Waals surface area contributed by atoms with Crippen molar-refractivity contribution in [2.24, 2.45) is 0 Å². The molecule has 0 saturated carbocycles. The molecule has 1 aliphatic rings. The molecule has 22 heavy (non-hydrogen) atoms. The molecule has 0 radical (unpaired) electrons. The van der Waals surface area contributed by atoms with Crippen molar-refractivity contribution in [2.75, 3.05) is 46.8 Å². The van der Waals surface area contributed by atoms with E-state index < -0.39 is 10.0 Å². The van der Waals surface area contributed by atoms with Gasteiger partial charge < -0.3 is 9.80 Å². The van der Waals surface area contributed by atoms with Gasteiger partial charge in [0.15, 0.2) is 0 Å². The van der Waals surface area contributed by atoms with Crippen molar-refractivity contribution < 1.29 is 13.2 Å². The molecule has 1 heterocycles. The van der Waals surface area contributed by atoms with E-state index >= 15 is 0 Å². The number of nitrogens with zero attached hydrogens (tertiary/aromatic N) is 3. The first kappa shape index (κ1) is 16.9. The van der Waals surface area contributed by atoms with Crippen LogP contribution in [0.4, 0.5) is 0 Å². The van der Waals surface area contributed by atoms with Crippen molar-refractivity contribution >= 4 is 15.9 Å². The minimum absolute atomic E-state index is 0.0374. The van der Waals surface area contributed by atoms with Gasteiger partial charge in [-0.2, -0.15) is 0 Å². The van der Waals surface area contributed by atoms with Crippen molar-refractivity contribution in [3.63, 3.8) is 0 Å². The Hall–Kier alpha value is -1.44. The number of likely N-dealkylation sites (N-methyl/N-ethyl adjacent to an activating group) is 1. The highest BCUT2D eigenvalue weighted by Crippen LogP contribution is 2.15. The maximum Gasteiger partial charge on any atom is 0.253 e. The van der Waals surface area contributed by atoms with Crippen molar-refractivity contribution in [3.05, 3.63) is 29.8 Å². The lowest BCUT2D eigenvalue weighted by molar-refractivity contribution is 0.0643. The Morgan fingerprint density at radius 3 is 2.09 bits per heavy atom. The van der Waals surface area contributed by atoms with Gasteiger partial charge in [0.1, 0.15) is 0 Å². The molecule has 1 aromatic rings.